The van der Waals surface area contributed by atoms with E-state index >= 15 is 0 Å². The van der Waals surface area contributed by atoms with Crippen molar-refractivity contribution in [3.05, 3.63) is 47.0 Å². The van der Waals surface area contributed by atoms with E-state index in [0.717, 1.165) is 59.5 Å². The standard InChI is InChI=1S/C22H30Cl2N6O6/c1-25-11-3-7-17(25)15-33-27-13-5-9-19(23)29(27)35-21(31)22(32)36-30-20(24)10-6-14-28(30)34-16-18-8-4-12-26(18)2/h5-6,9-10,13-14,17-18H,3-4,7-8,11-12,15-16H2,1-2H3. The zero-order valence-corrected chi connectivity index (χ0v) is 21.7. The number of hydrogen-bond donors (Lipinski definition) is 0. The second kappa shape index (κ2) is 12.2. The molecule has 2 atom stereocenters. The van der Waals surface area contributed by atoms with Gasteiger partial charge in [-0.05, 0) is 77.2 Å². The van der Waals surface area contributed by atoms with Crippen LogP contribution in [0.15, 0.2) is 47.0 Å². The van der Waals surface area contributed by atoms with Crippen molar-refractivity contribution < 1.29 is 28.9 Å². The number of likely N-dealkylation sites (N-methyl/N-ethyl adjacent to an activating group) is 2. The summed E-state index contributed by atoms with van der Waals surface area (Å²) in [4.78, 5) is 51.4. The largest absolute Gasteiger partial charge is 0.445 e. The summed E-state index contributed by atoms with van der Waals surface area (Å²) in [6.07, 6.45) is 13.3. The topological polar surface area (TPSA) is 90.5 Å². The van der Waals surface area contributed by atoms with E-state index in [9.17, 15) is 9.59 Å². The zero-order valence-electron chi connectivity index (χ0n) is 20.2. The van der Waals surface area contributed by atoms with Crippen LogP contribution in [0, 0.1) is 0 Å². The van der Waals surface area contributed by atoms with Gasteiger partial charge < -0.3 is 19.5 Å². The van der Waals surface area contributed by atoms with Crippen LogP contribution < -0.4 is 0 Å². The van der Waals surface area contributed by atoms with E-state index in [2.05, 4.69) is 9.80 Å². The van der Waals surface area contributed by atoms with Crippen molar-refractivity contribution in [2.24, 2.45) is 0 Å². The van der Waals surface area contributed by atoms with Gasteiger partial charge in [-0.2, -0.15) is 0 Å². The lowest BCUT2D eigenvalue weighted by molar-refractivity contribution is -0.358. The fraction of sp³-hybridized carbons (Fsp3) is 0.545. The Labute approximate surface area is 219 Å². The predicted molar refractivity (Wildman–Crippen MR) is 129 cm³/mol. The van der Waals surface area contributed by atoms with Crippen molar-refractivity contribution in [3.8, 4) is 0 Å². The Morgan fingerprint density at radius 2 is 1.22 bits per heavy atom. The number of likely N-dealkylation sites (tertiary alicyclic amines) is 2. The molecule has 4 aliphatic rings. The van der Waals surface area contributed by atoms with Gasteiger partial charge in [-0.1, -0.05) is 33.5 Å². The highest BCUT2D eigenvalue weighted by atomic mass is 35.5. The van der Waals surface area contributed by atoms with Gasteiger partial charge in [0.1, 0.15) is 0 Å². The van der Waals surface area contributed by atoms with Gasteiger partial charge in [0.25, 0.3) is 0 Å². The lowest BCUT2D eigenvalue weighted by Gasteiger charge is -2.35. The van der Waals surface area contributed by atoms with Crippen molar-refractivity contribution in [1.82, 2.24) is 30.5 Å². The Kier molecular flexibility index (Phi) is 8.99. The molecular weight excluding hydrogens is 515 g/mol. The summed E-state index contributed by atoms with van der Waals surface area (Å²) in [6.45, 7) is 2.64. The first-order valence-corrected chi connectivity index (χ1v) is 12.5. The van der Waals surface area contributed by atoms with E-state index in [1.54, 1.807) is 12.2 Å². The second-order valence-electron chi connectivity index (χ2n) is 8.72. The summed E-state index contributed by atoms with van der Waals surface area (Å²) in [5.41, 5.74) is 0. The van der Waals surface area contributed by atoms with Gasteiger partial charge in [0, 0.05) is 12.1 Å². The molecule has 0 amide bonds. The van der Waals surface area contributed by atoms with Crippen molar-refractivity contribution >= 4 is 35.1 Å². The molecule has 2 unspecified atom stereocenters. The van der Waals surface area contributed by atoms with E-state index in [0.29, 0.717) is 13.2 Å². The van der Waals surface area contributed by atoms with Gasteiger partial charge in [-0.15, -0.1) is 10.3 Å². The van der Waals surface area contributed by atoms with Crippen LogP contribution in [0.2, 0.25) is 0 Å². The summed E-state index contributed by atoms with van der Waals surface area (Å²) in [5.74, 6) is -2.70. The van der Waals surface area contributed by atoms with E-state index in [4.69, 9.17) is 42.6 Å². The Balaban J connectivity index is 1.32. The van der Waals surface area contributed by atoms with Gasteiger partial charge in [-0.3, -0.25) is 0 Å². The van der Waals surface area contributed by atoms with Gasteiger partial charge >= 0.3 is 11.9 Å². The maximum absolute atomic E-state index is 12.6. The Hall–Kier alpha value is -2.48. The molecule has 4 aliphatic heterocycles. The smallest absolute Gasteiger partial charge is 0.305 e. The molecule has 4 rings (SSSR count). The summed E-state index contributed by atoms with van der Waals surface area (Å²) in [5, 5.41) is 4.01. The zero-order chi connectivity index (χ0) is 25.7. The average Bonchev–Trinajstić information content (AvgIpc) is 3.46. The molecule has 12 nitrogen and oxygen atoms in total. The Bertz CT molecular complexity index is 872. The maximum atomic E-state index is 12.6. The number of hydroxylamine groups is 4. The quantitative estimate of drug-likeness (QED) is 0.331. The molecule has 198 valence electrons. The van der Waals surface area contributed by atoms with Gasteiger partial charge in [0.2, 0.25) is 0 Å². The molecule has 0 spiro atoms. The highest BCUT2D eigenvalue weighted by Crippen LogP contribution is 2.24. The lowest BCUT2D eigenvalue weighted by atomic mass is 10.2. The first-order valence-electron chi connectivity index (χ1n) is 11.7. The molecule has 4 heterocycles. The van der Waals surface area contributed by atoms with Crippen LogP contribution in [0.1, 0.15) is 25.7 Å². The summed E-state index contributed by atoms with van der Waals surface area (Å²) in [6, 6.07) is 0.420. The van der Waals surface area contributed by atoms with Crippen LogP contribution in [0.4, 0.5) is 0 Å². The van der Waals surface area contributed by atoms with E-state index in [1.807, 2.05) is 14.1 Å². The minimum absolute atomic E-state index is 0.00269. The van der Waals surface area contributed by atoms with Crippen molar-refractivity contribution in [2.75, 3.05) is 40.4 Å². The van der Waals surface area contributed by atoms with Crippen LogP contribution in [-0.2, 0) is 28.9 Å². The number of rotatable bonds is 8. The number of halogens is 2. The number of hydrazine groups is 2. The fourth-order valence-corrected chi connectivity index (χ4v) is 4.49. The third-order valence-electron chi connectivity index (χ3n) is 6.27. The number of carbonyl (C=O) groups excluding carboxylic acids is 2. The average molecular weight is 545 g/mol. The van der Waals surface area contributed by atoms with Crippen LogP contribution in [0.25, 0.3) is 0 Å². The Morgan fingerprint density at radius 1 is 0.806 bits per heavy atom. The first kappa shape index (κ1) is 26.6. The molecular formula is C22H30Cl2N6O6. The number of allylic oxidation sites excluding steroid dienone is 4. The van der Waals surface area contributed by atoms with Gasteiger partial charge in [-0.25, -0.2) is 19.3 Å². The molecule has 0 aromatic rings. The van der Waals surface area contributed by atoms with Gasteiger partial charge in [0.15, 0.2) is 10.3 Å². The normalized spacial score (nSPS) is 24.9. The molecule has 14 heteroatoms. The van der Waals surface area contributed by atoms with E-state index < -0.39 is 11.9 Å². The number of carbonyl (C=O) groups is 2. The van der Waals surface area contributed by atoms with Crippen molar-refractivity contribution in [1.29, 1.82) is 0 Å². The summed E-state index contributed by atoms with van der Waals surface area (Å²) in [7, 11) is 4.03. The molecule has 0 radical (unpaired) electrons. The van der Waals surface area contributed by atoms with Crippen LogP contribution in [0.3, 0.4) is 0 Å². The summed E-state index contributed by atoms with van der Waals surface area (Å²) < 4.78 is 0. The van der Waals surface area contributed by atoms with Crippen molar-refractivity contribution in [2.45, 2.75) is 37.8 Å². The molecule has 36 heavy (non-hydrogen) atoms. The highest BCUT2D eigenvalue weighted by molar-refractivity contribution is 6.31. The molecule has 2 fully saturated rings. The van der Waals surface area contributed by atoms with Gasteiger partial charge in [0.05, 0.1) is 25.6 Å². The molecule has 0 N–H and O–H groups in total. The minimum Gasteiger partial charge on any atom is -0.305 e. The van der Waals surface area contributed by atoms with Crippen LogP contribution in [-0.4, -0.2) is 94.9 Å². The van der Waals surface area contributed by atoms with E-state index in [-0.39, 0.29) is 22.4 Å². The monoisotopic (exact) mass is 544 g/mol. The lowest BCUT2D eigenvalue weighted by Crippen LogP contribution is -2.46. The van der Waals surface area contributed by atoms with Crippen LogP contribution >= 0.6 is 23.2 Å². The predicted octanol–water partition coefficient (Wildman–Crippen LogP) is 2.21. The molecule has 0 aliphatic carbocycles. The third-order valence-corrected chi connectivity index (χ3v) is 6.81. The molecule has 0 aromatic heterocycles. The van der Waals surface area contributed by atoms with E-state index in [1.165, 1.54) is 24.6 Å². The molecule has 2 saturated heterocycles. The SMILES string of the molecule is CN1CCCC1CON1C=CC=C(Cl)N1OC(=O)C(=O)ON1C(Cl)=CC=CN1OCC1CCCN1C. The fourth-order valence-electron chi connectivity index (χ4n) is 4.12. The maximum Gasteiger partial charge on any atom is 0.445 e. The minimum atomic E-state index is -1.35. The highest BCUT2D eigenvalue weighted by Gasteiger charge is 2.33. The Morgan fingerprint density at radius 3 is 1.58 bits per heavy atom. The number of nitrogens with zero attached hydrogens (tertiary/aromatic N) is 6. The first-order chi connectivity index (χ1) is 17.3. The number of hydrogen-bond acceptors (Lipinski definition) is 12. The van der Waals surface area contributed by atoms with Crippen molar-refractivity contribution in [3.63, 3.8) is 0 Å². The molecule has 0 aromatic carbocycles. The second-order valence-corrected chi connectivity index (χ2v) is 9.49. The summed E-state index contributed by atoms with van der Waals surface area (Å²) >= 11 is 12.4. The molecule has 0 bridgehead atoms. The van der Waals surface area contributed by atoms with Crippen LogP contribution in [0.5, 0.6) is 0 Å². The third kappa shape index (κ3) is 6.44. The molecule has 0 saturated carbocycles.